The van der Waals surface area contributed by atoms with Crippen LogP contribution < -0.4 is 5.73 Å². The molecule has 3 rings (SSSR count). The molecular formula is C17H28ClN3O4S. The third-order valence-electron chi connectivity index (χ3n) is 5.28. The molecule has 2 unspecified atom stereocenters. The molecule has 0 saturated carbocycles. The van der Waals surface area contributed by atoms with E-state index in [0.29, 0.717) is 32.1 Å². The van der Waals surface area contributed by atoms with Crippen LogP contribution in [0.25, 0.3) is 0 Å². The number of nitrogens with zero attached hydrogens (tertiary/aromatic N) is 2. The number of piperidine rings is 1. The van der Waals surface area contributed by atoms with E-state index < -0.39 is 10.0 Å². The summed E-state index contributed by atoms with van der Waals surface area (Å²) in [4.78, 5) is 14.7. The summed E-state index contributed by atoms with van der Waals surface area (Å²) in [5.74, 6) is 0.614. The number of carbonyl (C=O) groups is 1. The molecule has 2 N–H and O–H groups in total. The smallest absolute Gasteiger partial charge is 0.289 e. The molecule has 9 heteroatoms. The summed E-state index contributed by atoms with van der Waals surface area (Å²) >= 11 is 0. The fraction of sp³-hybridized carbons (Fsp3) is 0.706. The molecule has 0 bridgehead atoms. The summed E-state index contributed by atoms with van der Waals surface area (Å²) in [5, 5.41) is 0. The monoisotopic (exact) mass is 405 g/mol. The number of hydrogen-bond acceptors (Lipinski definition) is 5. The lowest BCUT2D eigenvalue weighted by molar-refractivity contribution is 0.0540. The molecule has 148 valence electrons. The molecule has 0 aliphatic carbocycles. The Morgan fingerprint density at radius 1 is 1.31 bits per heavy atom. The zero-order valence-electron chi connectivity index (χ0n) is 15.3. The number of halogens is 1. The fourth-order valence-corrected chi connectivity index (χ4v) is 5.46. The lowest BCUT2D eigenvalue weighted by atomic mass is 9.92. The van der Waals surface area contributed by atoms with Crippen LogP contribution in [0, 0.1) is 12.8 Å². The molecule has 0 aromatic carbocycles. The Kier molecular flexibility index (Phi) is 6.76. The maximum atomic E-state index is 12.9. The van der Waals surface area contributed by atoms with E-state index in [1.54, 1.807) is 11.8 Å². The minimum atomic E-state index is -3.60. The predicted molar refractivity (Wildman–Crippen MR) is 101 cm³/mol. The van der Waals surface area contributed by atoms with Gasteiger partial charge in [0.2, 0.25) is 10.0 Å². The van der Waals surface area contributed by atoms with Crippen molar-refractivity contribution in [2.75, 3.05) is 26.2 Å². The Morgan fingerprint density at radius 2 is 1.96 bits per heavy atom. The summed E-state index contributed by atoms with van der Waals surface area (Å²) in [6, 6.07) is 1.36. The summed E-state index contributed by atoms with van der Waals surface area (Å²) in [6.07, 6.45) is 3.51. The van der Waals surface area contributed by atoms with Crippen molar-refractivity contribution in [2.45, 2.75) is 50.5 Å². The molecule has 0 spiro atoms. The highest BCUT2D eigenvalue weighted by Gasteiger charge is 2.35. The van der Waals surface area contributed by atoms with Gasteiger partial charge >= 0.3 is 0 Å². The van der Waals surface area contributed by atoms with Crippen LogP contribution in [0.1, 0.15) is 48.9 Å². The summed E-state index contributed by atoms with van der Waals surface area (Å²) < 4.78 is 32.5. The number of rotatable bonds is 4. The Labute approximate surface area is 161 Å². The van der Waals surface area contributed by atoms with Crippen molar-refractivity contribution in [1.82, 2.24) is 9.21 Å². The molecule has 2 aliphatic heterocycles. The molecule has 7 nitrogen and oxygen atoms in total. The molecule has 2 fully saturated rings. The highest BCUT2D eigenvalue weighted by Crippen LogP contribution is 2.29. The number of aryl methyl sites for hydroxylation is 1. The van der Waals surface area contributed by atoms with Crippen molar-refractivity contribution in [1.29, 1.82) is 0 Å². The molecule has 1 aromatic heterocycles. The molecule has 26 heavy (non-hydrogen) atoms. The van der Waals surface area contributed by atoms with E-state index in [2.05, 4.69) is 6.92 Å². The minimum absolute atomic E-state index is 0. The fourth-order valence-electron chi connectivity index (χ4n) is 3.78. The van der Waals surface area contributed by atoms with Crippen LogP contribution >= 0.6 is 12.4 Å². The van der Waals surface area contributed by atoms with Gasteiger partial charge in [0.25, 0.3) is 5.91 Å². The van der Waals surface area contributed by atoms with E-state index >= 15 is 0 Å². The SMILES string of the molecule is Cc1oc(C(=O)N2CCC(C)CC2CN)cc1S(=O)(=O)N1CCCC1.Cl. The van der Waals surface area contributed by atoms with Gasteiger partial charge in [0.15, 0.2) is 5.76 Å². The zero-order chi connectivity index (χ0) is 18.2. The first-order chi connectivity index (χ1) is 11.8. The van der Waals surface area contributed by atoms with Crippen LogP contribution in [0.15, 0.2) is 15.4 Å². The van der Waals surface area contributed by atoms with Gasteiger partial charge in [0, 0.05) is 38.3 Å². The van der Waals surface area contributed by atoms with Crippen molar-refractivity contribution in [3.63, 3.8) is 0 Å². The summed E-state index contributed by atoms with van der Waals surface area (Å²) in [7, 11) is -3.60. The van der Waals surface area contributed by atoms with Crippen molar-refractivity contribution < 1.29 is 17.6 Å². The number of sulfonamides is 1. The third-order valence-corrected chi connectivity index (χ3v) is 7.28. The van der Waals surface area contributed by atoms with E-state index in [1.165, 1.54) is 10.4 Å². The van der Waals surface area contributed by atoms with Crippen LogP contribution in [0.2, 0.25) is 0 Å². The van der Waals surface area contributed by atoms with Crippen LogP contribution in [-0.4, -0.2) is 55.8 Å². The second-order valence-corrected chi connectivity index (χ2v) is 9.07. The third kappa shape index (κ3) is 3.93. The van der Waals surface area contributed by atoms with Crippen molar-refractivity contribution in [2.24, 2.45) is 11.7 Å². The topological polar surface area (TPSA) is 96.8 Å². The lowest BCUT2D eigenvalue weighted by Gasteiger charge is -2.37. The molecule has 3 heterocycles. The molecule has 0 radical (unpaired) electrons. The maximum absolute atomic E-state index is 12.9. The molecule has 2 atom stereocenters. The predicted octanol–water partition coefficient (Wildman–Crippen LogP) is 1.99. The molecular weight excluding hydrogens is 378 g/mol. The average molecular weight is 406 g/mol. The van der Waals surface area contributed by atoms with Gasteiger partial charge in [-0.15, -0.1) is 12.4 Å². The number of carbonyl (C=O) groups excluding carboxylic acids is 1. The van der Waals surface area contributed by atoms with Crippen molar-refractivity contribution in [3.8, 4) is 0 Å². The van der Waals surface area contributed by atoms with Gasteiger partial charge in [-0.3, -0.25) is 4.79 Å². The summed E-state index contributed by atoms with van der Waals surface area (Å²) in [5.41, 5.74) is 5.83. The minimum Gasteiger partial charge on any atom is -0.455 e. The quantitative estimate of drug-likeness (QED) is 0.826. The standard InChI is InChI=1S/C17H27N3O4S.ClH/c1-12-5-8-20(14(9-12)11-18)17(21)15-10-16(13(2)24-15)25(22,23)19-6-3-4-7-19;/h10,12,14H,3-9,11,18H2,1-2H3;1H. The van der Waals surface area contributed by atoms with Crippen molar-refractivity contribution >= 4 is 28.3 Å². The van der Waals surface area contributed by atoms with Crippen molar-refractivity contribution in [3.05, 3.63) is 17.6 Å². The number of likely N-dealkylation sites (tertiary alicyclic amines) is 1. The Morgan fingerprint density at radius 3 is 2.58 bits per heavy atom. The van der Waals surface area contributed by atoms with Gasteiger partial charge in [0.1, 0.15) is 10.7 Å². The summed E-state index contributed by atoms with van der Waals surface area (Å²) in [6.45, 7) is 5.82. The van der Waals surface area contributed by atoms with Gasteiger partial charge < -0.3 is 15.1 Å². The highest BCUT2D eigenvalue weighted by atomic mass is 35.5. The Hall–Kier alpha value is -1.09. The second kappa shape index (κ2) is 8.29. The first-order valence-electron chi connectivity index (χ1n) is 8.96. The van der Waals surface area contributed by atoms with Crippen LogP contribution in [0.4, 0.5) is 0 Å². The van der Waals surface area contributed by atoms with Gasteiger partial charge in [-0.2, -0.15) is 4.31 Å². The Balaban J connectivity index is 0.00000243. The van der Waals surface area contributed by atoms with Crippen LogP contribution in [0.3, 0.4) is 0 Å². The lowest BCUT2D eigenvalue weighted by Crippen LogP contribution is -2.49. The number of hydrogen-bond donors (Lipinski definition) is 1. The number of furan rings is 1. The first-order valence-corrected chi connectivity index (χ1v) is 10.4. The van der Waals surface area contributed by atoms with Crippen LogP contribution in [0.5, 0.6) is 0 Å². The molecule has 2 saturated heterocycles. The van der Waals surface area contributed by atoms with Gasteiger partial charge in [-0.05, 0) is 38.5 Å². The number of amides is 1. The number of nitrogens with two attached hydrogens (primary N) is 1. The van der Waals surface area contributed by atoms with Gasteiger partial charge in [0.05, 0.1) is 0 Å². The van der Waals surface area contributed by atoms with Gasteiger partial charge in [-0.1, -0.05) is 6.92 Å². The van der Waals surface area contributed by atoms with E-state index in [-0.39, 0.29) is 40.8 Å². The second-order valence-electron chi connectivity index (χ2n) is 7.16. The molecule has 1 amide bonds. The zero-order valence-corrected chi connectivity index (χ0v) is 16.9. The largest absolute Gasteiger partial charge is 0.455 e. The molecule has 1 aromatic rings. The van der Waals surface area contributed by atoms with E-state index in [0.717, 1.165) is 25.7 Å². The van der Waals surface area contributed by atoms with E-state index in [9.17, 15) is 13.2 Å². The van der Waals surface area contributed by atoms with Gasteiger partial charge in [-0.25, -0.2) is 8.42 Å². The van der Waals surface area contributed by atoms with E-state index in [4.69, 9.17) is 10.2 Å². The molecule has 2 aliphatic rings. The highest BCUT2D eigenvalue weighted by molar-refractivity contribution is 7.89. The maximum Gasteiger partial charge on any atom is 0.289 e. The van der Waals surface area contributed by atoms with Crippen LogP contribution in [-0.2, 0) is 10.0 Å². The van der Waals surface area contributed by atoms with E-state index in [1.807, 2.05) is 0 Å². The first kappa shape index (κ1) is 21.2. The average Bonchev–Trinajstić information content (AvgIpc) is 3.24. The normalized spacial score (nSPS) is 24.5. The Bertz CT molecular complexity index is 743.